The van der Waals surface area contributed by atoms with Crippen molar-refractivity contribution in [3.05, 3.63) is 23.8 Å². The predicted octanol–water partition coefficient (Wildman–Crippen LogP) is 4.42. The van der Waals surface area contributed by atoms with Crippen molar-refractivity contribution < 1.29 is 9.47 Å². The molecule has 2 nitrogen and oxygen atoms in total. The van der Waals surface area contributed by atoms with E-state index in [2.05, 4.69) is 6.92 Å². The van der Waals surface area contributed by atoms with Gasteiger partial charge in [-0.1, -0.05) is 25.8 Å². The molecule has 1 fully saturated rings. The maximum absolute atomic E-state index is 6.67. The highest BCUT2D eigenvalue weighted by Crippen LogP contribution is 2.46. The molecule has 1 aromatic rings. The largest absolute Gasteiger partial charge is 0.497 e. The molecular formula is C15H21ClO2. The average Bonchev–Trinajstić information content (AvgIpc) is 2.83. The van der Waals surface area contributed by atoms with E-state index in [4.69, 9.17) is 21.1 Å². The summed E-state index contributed by atoms with van der Waals surface area (Å²) in [6.07, 6.45) is 3.78. The SMILES string of the molecule is COc1ccc(C(Cl)C2CCCC2C)c(OC)c1. The molecule has 1 aliphatic carbocycles. The van der Waals surface area contributed by atoms with Crippen LogP contribution in [0.3, 0.4) is 0 Å². The van der Waals surface area contributed by atoms with Crippen LogP contribution >= 0.6 is 11.6 Å². The quantitative estimate of drug-likeness (QED) is 0.753. The van der Waals surface area contributed by atoms with Gasteiger partial charge in [-0.15, -0.1) is 11.6 Å². The van der Waals surface area contributed by atoms with E-state index < -0.39 is 0 Å². The minimum atomic E-state index is 0.0309. The van der Waals surface area contributed by atoms with Crippen molar-refractivity contribution in [2.75, 3.05) is 14.2 Å². The van der Waals surface area contributed by atoms with Crippen LogP contribution in [0.2, 0.25) is 0 Å². The molecule has 0 spiro atoms. The van der Waals surface area contributed by atoms with Gasteiger partial charge < -0.3 is 9.47 Å². The Labute approximate surface area is 114 Å². The zero-order valence-corrected chi connectivity index (χ0v) is 12.0. The van der Waals surface area contributed by atoms with Crippen LogP contribution in [-0.2, 0) is 0 Å². The molecule has 0 amide bonds. The van der Waals surface area contributed by atoms with Crippen molar-refractivity contribution in [1.82, 2.24) is 0 Å². The third-order valence-corrected chi connectivity index (χ3v) is 4.60. The molecule has 0 radical (unpaired) electrons. The Morgan fingerprint density at radius 1 is 1.22 bits per heavy atom. The molecule has 0 aliphatic heterocycles. The molecular weight excluding hydrogens is 248 g/mol. The fraction of sp³-hybridized carbons (Fsp3) is 0.600. The van der Waals surface area contributed by atoms with Crippen LogP contribution in [0.25, 0.3) is 0 Å². The highest BCUT2D eigenvalue weighted by Gasteiger charge is 2.32. The van der Waals surface area contributed by atoms with Gasteiger partial charge in [0.15, 0.2) is 0 Å². The maximum Gasteiger partial charge on any atom is 0.127 e. The molecule has 1 saturated carbocycles. The first kappa shape index (κ1) is 13.5. The Hall–Kier alpha value is -0.890. The van der Waals surface area contributed by atoms with Crippen molar-refractivity contribution in [3.8, 4) is 11.5 Å². The molecule has 3 unspecified atom stereocenters. The first-order valence-corrected chi connectivity index (χ1v) is 6.97. The second kappa shape index (κ2) is 5.83. The summed E-state index contributed by atoms with van der Waals surface area (Å²) < 4.78 is 10.7. The molecule has 1 aliphatic rings. The maximum atomic E-state index is 6.67. The molecule has 1 aromatic carbocycles. The Morgan fingerprint density at radius 2 is 2.00 bits per heavy atom. The minimum Gasteiger partial charge on any atom is -0.497 e. The van der Waals surface area contributed by atoms with Crippen molar-refractivity contribution in [3.63, 3.8) is 0 Å². The molecule has 0 heterocycles. The van der Waals surface area contributed by atoms with Crippen LogP contribution in [0.1, 0.15) is 37.1 Å². The second-order valence-corrected chi connectivity index (χ2v) is 5.55. The molecule has 18 heavy (non-hydrogen) atoms. The van der Waals surface area contributed by atoms with Gasteiger partial charge in [0, 0.05) is 11.6 Å². The Morgan fingerprint density at radius 3 is 2.56 bits per heavy atom. The molecule has 3 heteroatoms. The van der Waals surface area contributed by atoms with Gasteiger partial charge >= 0.3 is 0 Å². The number of alkyl halides is 1. The van der Waals surface area contributed by atoms with Gasteiger partial charge in [-0.05, 0) is 24.3 Å². The van der Waals surface area contributed by atoms with Gasteiger partial charge in [-0.25, -0.2) is 0 Å². The lowest BCUT2D eigenvalue weighted by atomic mass is 9.90. The van der Waals surface area contributed by atoms with Crippen molar-refractivity contribution in [2.24, 2.45) is 11.8 Å². The molecule has 100 valence electrons. The molecule has 0 saturated heterocycles. The summed E-state index contributed by atoms with van der Waals surface area (Å²) in [5.74, 6) is 2.88. The first-order chi connectivity index (χ1) is 8.67. The smallest absolute Gasteiger partial charge is 0.127 e. The zero-order chi connectivity index (χ0) is 13.1. The minimum absolute atomic E-state index is 0.0309. The number of ether oxygens (including phenoxy) is 2. The summed E-state index contributed by atoms with van der Waals surface area (Å²) in [4.78, 5) is 0. The standard InChI is InChI=1S/C15H21ClO2/c1-10-5-4-6-12(10)15(16)13-8-7-11(17-2)9-14(13)18-3/h7-10,12,15H,4-6H2,1-3H3. The van der Waals surface area contributed by atoms with E-state index in [1.807, 2.05) is 18.2 Å². The number of rotatable bonds is 4. The molecule has 0 bridgehead atoms. The summed E-state index contributed by atoms with van der Waals surface area (Å²) in [7, 11) is 3.34. The topological polar surface area (TPSA) is 18.5 Å². The van der Waals surface area contributed by atoms with Crippen molar-refractivity contribution in [2.45, 2.75) is 31.6 Å². The van der Waals surface area contributed by atoms with E-state index in [0.717, 1.165) is 17.1 Å². The zero-order valence-electron chi connectivity index (χ0n) is 11.3. The normalized spacial score (nSPS) is 24.9. The van der Waals surface area contributed by atoms with Gasteiger partial charge in [0.05, 0.1) is 19.6 Å². The lowest BCUT2D eigenvalue weighted by Crippen LogP contribution is -2.11. The fourth-order valence-electron chi connectivity index (χ4n) is 2.89. The van der Waals surface area contributed by atoms with Crippen LogP contribution in [0, 0.1) is 11.8 Å². The highest BCUT2D eigenvalue weighted by molar-refractivity contribution is 6.21. The Bertz CT molecular complexity index is 405. The second-order valence-electron chi connectivity index (χ2n) is 5.08. The summed E-state index contributed by atoms with van der Waals surface area (Å²) in [5, 5.41) is 0.0309. The third-order valence-electron chi connectivity index (χ3n) is 4.04. The van der Waals surface area contributed by atoms with Crippen molar-refractivity contribution >= 4 is 11.6 Å². The van der Waals surface area contributed by atoms with Crippen LogP contribution < -0.4 is 9.47 Å². The van der Waals surface area contributed by atoms with E-state index in [9.17, 15) is 0 Å². The van der Waals surface area contributed by atoms with E-state index >= 15 is 0 Å². The number of benzene rings is 1. The number of halogens is 1. The van der Waals surface area contributed by atoms with E-state index in [-0.39, 0.29) is 5.38 Å². The van der Waals surface area contributed by atoms with Crippen LogP contribution in [-0.4, -0.2) is 14.2 Å². The Balaban J connectivity index is 2.26. The van der Waals surface area contributed by atoms with Gasteiger partial charge in [0.1, 0.15) is 11.5 Å². The van der Waals surface area contributed by atoms with Crippen molar-refractivity contribution in [1.29, 1.82) is 0 Å². The lowest BCUT2D eigenvalue weighted by Gasteiger charge is -2.23. The lowest BCUT2D eigenvalue weighted by molar-refractivity contribution is 0.372. The number of hydrogen-bond donors (Lipinski definition) is 0. The van der Waals surface area contributed by atoms with Gasteiger partial charge in [0.25, 0.3) is 0 Å². The van der Waals surface area contributed by atoms with Gasteiger partial charge in [-0.2, -0.15) is 0 Å². The van der Waals surface area contributed by atoms with Crippen LogP contribution in [0.15, 0.2) is 18.2 Å². The van der Waals surface area contributed by atoms with Crippen LogP contribution in [0.5, 0.6) is 11.5 Å². The monoisotopic (exact) mass is 268 g/mol. The van der Waals surface area contributed by atoms with Gasteiger partial charge in [-0.3, -0.25) is 0 Å². The fourth-order valence-corrected chi connectivity index (χ4v) is 3.44. The number of hydrogen-bond acceptors (Lipinski definition) is 2. The molecule has 0 N–H and O–H groups in total. The molecule has 3 atom stereocenters. The first-order valence-electron chi connectivity index (χ1n) is 6.53. The average molecular weight is 269 g/mol. The van der Waals surface area contributed by atoms with E-state index in [1.165, 1.54) is 19.3 Å². The van der Waals surface area contributed by atoms with E-state index in [0.29, 0.717) is 11.8 Å². The highest BCUT2D eigenvalue weighted by atomic mass is 35.5. The number of methoxy groups -OCH3 is 2. The summed E-state index contributed by atoms with van der Waals surface area (Å²) in [5.41, 5.74) is 1.08. The Kier molecular flexibility index (Phi) is 4.39. The molecule has 2 rings (SSSR count). The third kappa shape index (κ3) is 2.59. The van der Waals surface area contributed by atoms with Crippen LogP contribution in [0.4, 0.5) is 0 Å². The molecule has 0 aromatic heterocycles. The summed E-state index contributed by atoms with van der Waals surface area (Å²) in [6.45, 7) is 2.29. The van der Waals surface area contributed by atoms with E-state index in [1.54, 1.807) is 14.2 Å². The summed E-state index contributed by atoms with van der Waals surface area (Å²) >= 11 is 6.67. The summed E-state index contributed by atoms with van der Waals surface area (Å²) in [6, 6.07) is 5.89. The van der Waals surface area contributed by atoms with Gasteiger partial charge in [0.2, 0.25) is 0 Å². The predicted molar refractivity (Wildman–Crippen MR) is 74.6 cm³/mol.